The second-order valence-electron chi connectivity index (χ2n) is 7.31. The van der Waals surface area contributed by atoms with Gasteiger partial charge in [0.15, 0.2) is 0 Å². The first kappa shape index (κ1) is 22.1. The van der Waals surface area contributed by atoms with E-state index in [1.165, 1.54) is 0 Å². The van der Waals surface area contributed by atoms with Crippen LogP contribution in [0.5, 0.6) is 5.75 Å². The normalized spacial score (nSPS) is 11.9. The van der Waals surface area contributed by atoms with Gasteiger partial charge in [0.25, 0.3) is 0 Å². The molecule has 4 rings (SSSR count). The van der Waals surface area contributed by atoms with Gasteiger partial charge in [-0.1, -0.05) is 13.0 Å². The number of nitrogens with zero attached hydrogens (tertiary/aromatic N) is 3. The topological polar surface area (TPSA) is 80.2 Å². The summed E-state index contributed by atoms with van der Waals surface area (Å²) in [4.78, 5) is 13.2. The van der Waals surface area contributed by atoms with E-state index < -0.39 is 6.10 Å². The Kier molecular flexibility index (Phi) is 7.55. The highest BCUT2D eigenvalue weighted by Gasteiger charge is 2.09. The molecule has 0 fully saturated rings. The number of aromatic nitrogens is 3. The second-order valence-corrected chi connectivity index (χ2v) is 8.16. The van der Waals surface area contributed by atoms with Gasteiger partial charge in [-0.25, -0.2) is 4.98 Å². The third-order valence-corrected chi connectivity index (χ3v) is 5.93. The molecule has 0 saturated carbocycles. The van der Waals surface area contributed by atoms with Crippen LogP contribution in [0.1, 0.15) is 24.3 Å². The van der Waals surface area contributed by atoms with Crippen molar-refractivity contribution in [3.63, 3.8) is 0 Å². The van der Waals surface area contributed by atoms with Crippen LogP contribution in [0.3, 0.4) is 0 Å². The van der Waals surface area contributed by atoms with E-state index in [1.54, 1.807) is 23.7 Å². The third-order valence-electron chi connectivity index (χ3n) is 5.03. The highest BCUT2D eigenvalue weighted by molar-refractivity contribution is 7.13. The van der Waals surface area contributed by atoms with Crippen LogP contribution < -0.4 is 10.1 Å². The maximum atomic E-state index is 10.1. The van der Waals surface area contributed by atoms with E-state index in [4.69, 9.17) is 9.72 Å². The average Bonchev–Trinajstić information content (AvgIpc) is 3.35. The van der Waals surface area contributed by atoms with Gasteiger partial charge < -0.3 is 15.2 Å². The smallest absolute Gasteiger partial charge is 0.124 e. The molecule has 0 radical (unpaired) electrons. The van der Waals surface area contributed by atoms with Crippen LogP contribution in [0, 0.1) is 0 Å². The van der Waals surface area contributed by atoms with Crippen molar-refractivity contribution in [3.8, 4) is 27.6 Å². The Morgan fingerprint density at radius 3 is 2.75 bits per heavy atom. The van der Waals surface area contributed by atoms with Gasteiger partial charge in [-0.3, -0.25) is 9.97 Å². The van der Waals surface area contributed by atoms with Gasteiger partial charge in [0.05, 0.1) is 11.8 Å². The van der Waals surface area contributed by atoms with Crippen molar-refractivity contribution >= 4 is 11.3 Å². The molecule has 2 N–H and O–H groups in total. The predicted octanol–water partition coefficient (Wildman–Crippen LogP) is 4.53. The number of nitrogens with one attached hydrogen (secondary N) is 1. The number of thiazole rings is 1. The molecule has 1 atom stereocenters. The molecular weight excluding hydrogens is 420 g/mol. The standard InChI is InChI=1S/C25H26N4O2S/c1-2-21-14-19(9-11-28-21)25-29-23(17-32-25)18-5-7-22(8-6-18)31-13-12-27-16-24(30)20-4-3-10-26-15-20/h3-11,14-15,17,24,27,30H,2,12-13,16H2,1H3/t24-/m0/s1. The molecule has 0 aliphatic carbocycles. The molecule has 0 saturated heterocycles. The first-order chi connectivity index (χ1) is 15.7. The minimum absolute atomic E-state index is 0.456. The summed E-state index contributed by atoms with van der Waals surface area (Å²) in [5, 5.41) is 16.4. The van der Waals surface area contributed by atoms with Crippen molar-refractivity contribution in [1.82, 2.24) is 20.3 Å². The molecule has 7 heteroatoms. The molecule has 1 aromatic carbocycles. The Hall–Kier alpha value is -3.13. The fourth-order valence-electron chi connectivity index (χ4n) is 3.24. The largest absolute Gasteiger partial charge is 0.492 e. The van der Waals surface area contributed by atoms with Crippen LogP contribution in [0.2, 0.25) is 0 Å². The van der Waals surface area contributed by atoms with Crippen molar-refractivity contribution in [2.75, 3.05) is 19.7 Å². The minimum atomic E-state index is -0.577. The van der Waals surface area contributed by atoms with Gasteiger partial charge in [0, 0.05) is 59.4 Å². The highest BCUT2D eigenvalue weighted by atomic mass is 32.1. The lowest BCUT2D eigenvalue weighted by Crippen LogP contribution is -2.26. The van der Waals surface area contributed by atoms with E-state index >= 15 is 0 Å². The number of aliphatic hydroxyl groups is 1. The molecule has 0 unspecified atom stereocenters. The number of ether oxygens (including phenoxy) is 1. The SMILES string of the molecule is CCc1cc(-c2nc(-c3ccc(OCCNC[C@H](O)c4cccnc4)cc3)cs2)ccn1. The van der Waals surface area contributed by atoms with E-state index in [0.29, 0.717) is 19.7 Å². The first-order valence-electron chi connectivity index (χ1n) is 10.7. The second kappa shape index (κ2) is 10.9. The van der Waals surface area contributed by atoms with Crippen molar-refractivity contribution < 1.29 is 9.84 Å². The summed E-state index contributed by atoms with van der Waals surface area (Å²) in [6.07, 6.45) is 5.55. The lowest BCUT2D eigenvalue weighted by molar-refractivity contribution is 0.171. The van der Waals surface area contributed by atoms with Crippen molar-refractivity contribution in [3.05, 3.63) is 83.8 Å². The maximum absolute atomic E-state index is 10.1. The fourth-order valence-corrected chi connectivity index (χ4v) is 4.06. The molecule has 0 bridgehead atoms. The molecule has 4 aromatic rings. The highest BCUT2D eigenvalue weighted by Crippen LogP contribution is 2.30. The van der Waals surface area contributed by atoms with Crippen LogP contribution in [-0.4, -0.2) is 39.8 Å². The van der Waals surface area contributed by atoms with Crippen molar-refractivity contribution in [2.45, 2.75) is 19.4 Å². The molecular formula is C25H26N4O2S. The van der Waals surface area contributed by atoms with E-state index in [9.17, 15) is 5.11 Å². The van der Waals surface area contributed by atoms with Crippen LogP contribution in [0.25, 0.3) is 21.8 Å². The van der Waals surface area contributed by atoms with E-state index in [1.807, 2.05) is 48.7 Å². The summed E-state index contributed by atoms with van der Waals surface area (Å²) in [5.74, 6) is 0.806. The average molecular weight is 447 g/mol. The van der Waals surface area contributed by atoms with E-state index in [0.717, 1.165) is 45.3 Å². The first-order valence-corrected chi connectivity index (χ1v) is 11.5. The van der Waals surface area contributed by atoms with Gasteiger partial charge in [-0.2, -0.15) is 0 Å². The van der Waals surface area contributed by atoms with Crippen molar-refractivity contribution in [1.29, 1.82) is 0 Å². The number of aryl methyl sites for hydroxylation is 1. The maximum Gasteiger partial charge on any atom is 0.124 e. The summed E-state index contributed by atoms with van der Waals surface area (Å²) in [6.45, 7) is 3.71. The Labute approximate surface area is 192 Å². The molecule has 0 spiro atoms. The molecule has 0 aliphatic rings. The Bertz CT molecular complexity index is 1120. The van der Waals surface area contributed by atoms with Gasteiger partial charge in [-0.05, 0) is 48.9 Å². The number of hydrogen-bond donors (Lipinski definition) is 2. The van der Waals surface area contributed by atoms with Crippen molar-refractivity contribution in [2.24, 2.45) is 0 Å². The number of rotatable bonds is 10. The summed E-state index contributed by atoms with van der Waals surface area (Å²) < 4.78 is 5.80. The van der Waals surface area contributed by atoms with E-state index in [-0.39, 0.29) is 0 Å². The minimum Gasteiger partial charge on any atom is -0.492 e. The Morgan fingerprint density at radius 2 is 1.97 bits per heavy atom. The van der Waals surface area contributed by atoms with Crippen LogP contribution in [0.15, 0.2) is 72.5 Å². The number of benzene rings is 1. The van der Waals surface area contributed by atoms with E-state index in [2.05, 4.69) is 33.7 Å². The van der Waals surface area contributed by atoms with Gasteiger partial charge in [0.2, 0.25) is 0 Å². The summed E-state index contributed by atoms with van der Waals surface area (Å²) >= 11 is 1.64. The zero-order valence-corrected chi connectivity index (χ0v) is 18.8. The Balaban J connectivity index is 1.26. The molecule has 0 aliphatic heterocycles. The Morgan fingerprint density at radius 1 is 1.09 bits per heavy atom. The zero-order valence-electron chi connectivity index (χ0n) is 17.9. The van der Waals surface area contributed by atoms with Crippen LogP contribution in [0.4, 0.5) is 0 Å². The lowest BCUT2D eigenvalue weighted by atomic mass is 10.1. The van der Waals surface area contributed by atoms with Crippen LogP contribution >= 0.6 is 11.3 Å². The molecule has 6 nitrogen and oxygen atoms in total. The fraction of sp³-hybridized carbons (Fsp3) is 0.240. The molecule has 32 heavy (non-hydrogen) atoms. The summed E-state index contributed by atoms with van der Waals surface area (Å²) in [6, 6.07) is 15.8. The number of pyridine rings is 2. The predicted molar refractivity (Wildman–Crippen MR) is 128 cm³/mol. The number of hydrogen-bond acceptors (Lipinski definition) is 7. The molecule has 3 aromatic heterocycles. The van der Waals surface area contributed by atoms with Gasteiger partial charge >= 0.3 is 0 Å². The quantitative estimate of drug-likeness (QED) is 0.348. The summed E-state index contributed by atoms with van der Waals surface area (Å²) in [5.41, 5.74) is 4.99. The molecule has 164 valence electrons. The monoisotopic (exact) mass is 446 g/mol. The lowest BCUT2D eigenvalue weighted by Gasteiger charge is -2.12. The zero-order chi connectivity index (χ0) is 22.2. The summed E-state index contributed by atoms with van der Waals surface area (Å²) in [7, 11) is 0. The third kappa shape index (κ3) is 5.76. The molecule has 3 heterocycles. The van der Waals surface area contributed by atoms with Crippen LogP contribution in [-0.2, 0) is 6.42 Å². The van der Waals surface area contributed by atoms with Gasteiger partial charge in [0.1, 0.15) is 17.4 Å². The molecule has 0 amide bonds. The number of aliphatic hydroxyl groups excluding tert-OH is 1. The van der Waals surface area contributed by atoms with Gasteiger partial charge in [-0.15, -0.1) is 11.3 Å².